The van der Waals surface area contributed by atoms with Crippen molar-refractivity contribution in [3.8, 4) is 0 Å². The van der Waals surface area contributed by atoms with E-state index in [1.54, 1.807) is 0 Å². The molecule has 2 atom stereocenters. The van der Waals surface area contributed by atoms with Gasteiger partial charge < -0.3 is 10.6 Å². The number of halogens is 1. The van der Waals surface area contributed by atoms with Crippen LogP contribution in [0.25, 0.3) is 0 Å². The third-order valence-electron chi connectivity index (χ3n) is 4.89. The molecular formula is C18H27ClN2O. The monoisotopic (exact) mass is 322 g/mol. The predicted molar refractivity (Wildman–Crippen MR) is 92.5 cm³/mol. The molecule has 1 aliphatic carbocycles. The van der Waals surface area contributed by atoms with Crippen LogP contribution < -0.4 is 10.6 Å². The number of amides is 1. The number of nitrogens with one attached hydrogen (secondary N) is 2. The van der Waals surface area contributed by atoms with Gasteiger partial charge in [-0.05, 0) is 74.7 Å². The molecule has 0 aromatic heterocycles. The van der Waals surface area contributed by atoms with Gasteiger partial charge in [0.25, 0.3) is 0 Å². The van der Waals surface area contributed by atoms with Crippen LogP contribution in [-0.4, -0.2) is 19.0 Å². The summed E-state index contributed by atoms with van der Waals surface area (Å²) in [5, 5.41) is 6.48. The summed E-state index contributed by atoms with van der Waals surface area (Å²) in [6.07, 6.45) is 6.80. The van der Waals surface area contributed by atoms with Crippen LogP contribution >= 0.6 is 12.4 Å². The molecule has 122 valence electrons. The van der Waals surface area contributed by atoms with E-state index in [9.17, 15) is 4.79 Å². The third-order valence-corrected chi connectivity index (χ3v) is 4.89. The Bertz CT molecular complexity index is 512. The standard InChI is InChI=1S/C18H26N2O.ClH/c1-13(20-18(21)10-14-8-9-19-12-14)16-7-6-15-4-2-3-5-17(15)11-16;/h6-7,11,13-14,19H,2-5,8-10,12H2,1H3,(H,20,21);1H. The van der Waals surface area contributed by atoms with Gasteiger partial charge in [0.05, 0.1) is 6.04 Å². The summed E-state index contributed by atoms with van der Waals surface area (Å²) < 4.78 is 0. The molecule has 0 radical (unpaired) electrons. The SMILES string of the molecule is CC(NC(=O)CC1CCNC1)c1ccc2c(c1)CCCC2.Cl. The number of benzene rings is 1. The summed E-state index contributed by atoms with van der Waals surface area (Å²) in [6.45, 7) is 4.13. The molecule has 3 rings (SSSR count). The summed E-state index contributed by atoms with van der Waals surface area (Å²) in [5.74, 6) is 0.703. The van der Waals surface area contributed by atoms with Gasteiger partial charge in [-0.3, -0.25) is 4.79 Å². The van der Waals surface area contributed by atoms with Gasteiger partial charge in [-0.2, -0.15) is 0 Å². The Balaban J connectivity index is 0.00000176. The zero-order valence-electron chi connectivity index (χ0n) is 13.4. The van der Waals surface area contributed by atoms with Crippen LogP contribution in [0.2, 0.25) is 0 Å². The van der Waals surface area contributed by atoms with E-state index in [2.05, 4.69) is 35.8 Å². The van der Waals surface area contributed by atoms with Crippen molar-refractivity contribution in [1.29, 1.82) is 0 Å². The molecule has 1 heterocycles. The summed E-state index contributed by atoms with van der Waals surface area (Å²) in [6, 6.07) is 6.86. The topological polar surface area (TPSA) is 41.1 Å². The lowest BCUT2D eigenvalue weighted by molar-refractivity contribution is -0.122. The van der Waals surface area contributed by atoms with E-state index >= 15 is 0 Å². The minimum Gasteiger partial charge on any atom is -0.350 e. The molecule has 1 fully saturated rings. The van der Waals surface area contributed by atoms with Gasteiger partial charge >= 0.3 is 0 Å². The Morgan fingerprint density at radius 1 is 1.32 bits per heavy atom. The largest absolute Gasteiger partial charge is 0.350 e. The van der Waals surface area contributed by atoms with Crippen molar-refractivity contribution in [3.63, 3.8) is 0 Å². The minimum atomic E-state index is 0. The molecule has 2 aliphatic rings. The maximum atomic E-state index is 12.1. The first kappa shape index (κ1) is 17.3. The van der Waals surface area contributed by atoms with E-state index < -0.39 is 0 Å². The van der Waals surface area contributed by atoms with Gasteiger partial charge in [-0.1, -0.05) is 18.2 Å². The van der Waals surface area contributed by atoms with Gasteiger partial charge in [0.15, 0.2) is 0 Å². The molecule has 3 nitrogen and oxygen atoms in total. The Morgan fingerprint density at radius 3 is 2.82 bits per heavy atom. The molecule has 0 spiro atoms. The number of carbonyl (C=O) groups is 1. The molecule has 0 bridgehead atoms. The van der Waals surface area contributed by atoms with Gasteiger partial charge in [-0.15, -0.1) is 12.4 Å². The first-order chi connectivity index (χ1) is 10.2. The lowest BCUT2D eigenvalue weighted by atomic mass is 9.89. The second-order valence-corrected chi connectivity index (χ2v) is 6.59. The molecule has 0 saturated carbocycles. The lowest BCUT2D eigenvalue weighted by Crippen LogP contribution is -2.29. The van der Waals surface area contributed by atoms with E-state index in [4.69, 9.17) is 0 Å². The fraction of sp³-hybridized carbons (Fsp3) is 0.611. The molecular weight excluding hydrogens is 296 g/mol. The molecule has 1 amide bonds. The number of aryl methyl sites for hydroxylation is 2. The van der Waals surface area contributed by atoms with Crippen molar-refractivity contribution >= 4 is 18.3 Å². The average molecular weight is 323 g/mol. The second kappa shape index (κ2) is 7.98. The van der Waals surface area contributed by atoms with Crippen LogP contribution in [0.5, 0.6) is 0 Å². The van der Waals surface area contributed by atoms with E-state index in [0.717, 1.165) is 19.5 Å². The fourth-order valence-electron chi connectivity index (χ4n) is 3.56. The van der Waals surface area contributed by atoms with Gasteiger partial charge in [0, 0.05) is 6.42 Å². The molecule has 1 aliphatic heterocycles. The van der Waals surface area contributed by atoms with Crippen LogP contribution in [0.1, 0.15) is 55.3 Å². The first-order valence-electron chi connectivity index (χ1n) is 8.34. The lowest BCUT2D eigenvalue weighted by Gasteiger charge is -2.20. The number of fused-ring (bicyclic) bond motifs is 1. The smallest absolute Gasteiger partial charge is 0.220 e. The quantitative estimate of drug-likeness (QED) is 0.894. The molecule has 2 unspecified atom stereocenters. The van der Waals surface area contributed by atoms with Crippen molar-refractivity contribution in [2.75, 3.05) is 13.1 Å². The van der Waals surface area contributed by atoms with Crippen LogP contribution in [0.4, 0.5) is 0 Å². The summed E-state index contributed by atoms with van der Waals surface area (Å²) in [5.41, 5.74) is 4.23. The normalized spacial score (nSPS) is 21.6. The highest BCUT2D eigenvalue weighted by molar-refractivity contribution is 5.85. The van der Waals surface area contributed by atoms with E-state index in [1.165, 1.54) is 42.4 Å². The third kappa shape index (κ3) is 4.23. The Kier molecular flexibility index (Phi) is 6.27. The minimum absolute atomic E-state index is 0. The molecule has 1 aromatic carbocycles. The van der Waals surface area contributed by atoms with Crippen molar-refractivity contribution in [3.05, 3.63) is 34.9 Å². The van der Waals surface area contributed by atoms with Gasteiger partial charge in [0.2, 0.25) is 5.91 Å². The van der Waals surface area contributed by atoms with E-state index in [-0.39, 0.29) is 24.4 Å². The predicted octanol–water partition coefficient (Wildman–Crippen LogP) is 3.16. The highest BCUT2D eigenvalue weighted by Crippen LogP contribution is 2.25. The molecule has 1 aromatic rings. The highest BCUT2D eigenvalue weighted by Gasteiger charge is 2.19. The van der Waals surface area contributed by atoms with E-state index in [0.29, 0.717) is 12.3 Å². The van der Waals surface area contributed by atoms with Gasteiger partial charge in [-0.25, -0.2) is 0 Å². The highest BCUT2D eigenvalue weighted by atomic mass is 35.5. The number of carbonyl (C=O) groups excluding carboxylic acids is 1. The summed E-state index contributed by atoms with van der Waals surface area (Å²) >= 11 is 0. The second-order valence-electron chi connectivity index (χ2n) is 6.59. The van der Waals surface area contributed by atoms with Crippen molar-refractivity contribution in [2.24, 2.45) is 5.92 Å². The Labute approximate surface area is 139 Å². The fourth-order valence-corrected chi connectivity index (χ4v) is 3.56. The maximum Gasteiger partial charge on any atom is 0.220 e. The van der Waals surface area contributed by atoms with Crippen LogP contribution in [-0.2, 0) is 17.6 Å². The Morgan fingerprint density at radius 2 is 2.09 bits per heavy atom. The van der Waals surface area contributed by atoms with Crippen molar-refractivity contribution in [1.82, 2.24) is 10.6 Å². The van der Waals surface area contributed by atoms with Crippen LogP contribution in [0.3, 0.4) is 0 Å². The van der Waals surface area contributed by atoms with Gasteiger partial charge in [0.1, 0.15) is 0 Å². The number of hydrogen-bond acceptors (Lipinski definition) is 2. The zero-order chi connectivity index (χ0) is 14.7. The summed E-state index contributed by atoms with van der Waals surface area (Å²) in [7, 11) is 0. The van der Waals surface area contributed by atoms with E-state index in [1.807, 2.05) is 0 Å². The van der Waals surface area contributed by atoms with Crippen molar-refractivity contribution in [2.45, 2.75) is 51.5 Å². The number of hydrogen-bond donors (Lipinski definition) is 2. The molecule has 22 heavy (non-hydrogen) atoms. The zero-order valence-corrected chi connectivity index (χ0v) is 14.2. The van der Waals surface area contributed by atoms with Crippen LogP contribution in [0, 0.1) is 5.92 Å². The Hall–Kier alpha value is -1.06. The van der Waals surface area contributed by atoms with Crippen molar-refractivity contribution < 1.29 is 4.79 Å². The molecule has 4 heteroatoms. The first-order valence-corrected chi connectivity index (χ1v) is 8.34. The average Bonchev–Trinajstić information content (AvgIpc) is 2.99. The number of rotatable bonds is 4. The molecule has 1 saturated heterocycles. The molecule has 2 N–H and O–H groups in total. The summed E-state index contributed by atoms with van der Waals surface area (Å²) in [4.78, 5) is 12.1. The van der Waals surface area contributed by atoms with Crippen LogP contribution in [0.15, 0.2) is 18.2 Å². The maximum absolute atomic E-state index is 12.1.